The first-order valence-corrected chi connectivity index (χ1v) is 10.1. The summed E-state index contributed by atoms with van der Waals surface area (Å²) in [4.78, 5) is 12.9. The molecule has 0 radical (unpaired) electrons. The van der Waals surface area contributed by atoms with Crippen molar-refractivity contribution >= 4 is 23.1 Å². The molecule has 2 aromatic rings. The zero-order chi connectivity index (χ0) is 20.8. The van der Waals surface area contributed by atoms with Crippen LogP contribution in [0.4, 0.5) is 4.39 Å². The largest absolute Gasteiger partial charge is 0.509 e. The highest BCUT2D eigenvalue weighted by atomic mass is 35.5. The highest BCUT2D eigenvalue weighted by Crippen LogP contribution is 2.43. The Morgan fingerprint density at radius 3 is 2.45 bits per heavy atom. The molecule has 1 heterocycles. The molecule has 0 unspecified atom stereocenters. The van der Waals surface area contributed by atoms with Crippen molar-refractivity contribution in [1.29, 1.82) is 0 Å². The Kier molecular flexibility index (Phi) is 5.13. The molecule has 2 N–H and O–H groups in total. The number of rotatable bonds is 3. The minimum atomic E-state index is -0.791. The molecule has 1 amide bonds. The van der Waals surface area contributed by atoms with Gasteiger partial charge in [-0.15, -0.1) is 0 Å². The summed E-state index contributed by atoms with van der Waals surface area (Å²) in [5, 5.41) is 14.6. The smallest absolute Gasteiger partial charge is 0.256 e. The lowest BCUT2D eigenvalue weighted by molar-refractivity contribution is -0.116. The lowest BCUT2D eigenvalue weighted by Crippen LogP contribution is -2.48. The van der Waals surface area contributed by atoms with Crippen molar-refractivity contribution in [3.05, 3.63) is 64.1 Å². The number of carbonyl (C=O) groups excluding carboxylic acids is 1. The van der Waals surface area contributed by atoms with Crippen LogP contribution in [0.25, 0.3) is 16.7 Å². The van der Waals surface area contributed by atoms with E-state index in [9.17, 15) is 14.3 Å². The van der Waals surface area contributed by atoms with Crippen LogP contribution >= 0.6 is 11.6 Å². The molecular weight excluding hydrogens is 393 g/mol. The van der Waals surface area contributed by atoms with Gasteiger partial charge in [-0.25, -0.2) is 4.39 Å². The average molecular weight is 416 g/mol. The fourth-order valence-electron chi connectivity index (χ4n) is 4.36. The number of hydrogen-bond acceptors (Lipinski definition) is 3. The van der Waals surface area contributed by atoms with Crippen LogP contribution in [0.3, 0.4) is 0 Å². The first kappa shape index (κ1) is 19.9. The molecule has 4 nitrogen and oxygen atoms in total. The van der Waals surface area contributed by atoms with Gasteiger partial charge in [0.15, 0.2) is 0 Å². The van der Waals surface area contributed by atoms with E-state index in [1.54, 1.807) is 44.4 Å². The van der Waals surface area contributed by atoms with Gasteiger partial charge < -0.3 is 15.2 Å². The van der Waals surface area contributed by atoms with Crippen LogP contribution in [0.2, 0.25) is 5.02 Å². The molecule has 0 atom stereocenters. The molecule has 1 spiro atoms. The average Bonchev–Trinajstić information content (AvgIpc) is 2.95. The number of ether oxygens (including phenoxy) is 1. The Balaban J connectivity index is 1.79. The van der Waals surface area contributed by atoms with Gasteiger partial charge in [0.05, 0.1) is 17.2 Å². The number of benzene rings is 2. The maximum absolute atomic E-state index is 14.8. The molecule has 2 aliphatic rings. The molecule has 1 saturated carbocycles. The van der Waals surface area contributed by atoms with Crippen LogP contribution in [-0.2, 0) is 9.53 Å². The third-order valence-corrected chi connectivity index (χ3v) is 6.43. The third-order valence-electron chi connectivity index (χ3n) is 6.18. The number of methoxy groups -OCH3 is 1. The second-order valence-corrected chi connectivity index (χ2v) is 8.27. The summed E-state index contributed by atoms with van der Waals surface area (Å²) >= 11 is 5.96. The number of halogens is 2. The minimum absolute atomic E-state index is 0.00723. The highest BCUT2D eigenvalue weighted by Gasteiger charge is 2.48. The van der Waals surface area contributed by atoms with E-state index < -0.39 is 11.4 Å². The Labute approximate surface area is 174 Å². The van der Waals surface area contributed by atoms with E-state index in [2.05, 4.69) is 5.32 Å². The van der Waals surface area contributed by atoms with Gasteiger partial charge >= 0.3 is 0 Å². The number of carbonyl (C=O) groups is 1. The summed E-state index contributed by atoms with van der Waals surface area (Å²) in [7, 11) is 1.67. The standard InChI is InChI=1S/C23H23ClFNO3/c1-13-18(11-15(12-19(13)25)14-3-5-16(24)6-4-14)20-21(27)23(26-22(20)28)9-7-17(29-2)8-10-23/h3-6,11-12,17,27H,7-10H2,1-2H3,(H,26,28)/t17-,23+. The number of nitrogens with one attached hydrogen (secondary N) is 1. The quantitative estimate of drug-likeness (QED) is 0.726. The van der Waals surface area contributed by atoms with Gasteiger partial charge in [0.25, 0.3) is 5.91 Å². The van der Waals surface area contributed by atoms with Gasteiger partial charge in [-0.3, -0.25) is 4.79 Å². The first-order chi connectivity index (χ1) is 13.8. The van der Waals surface area contributed by atoms with E-state index in [4.69, 9.17) is 16.3 Å². The molecule has 152 valence electrons. The van der Waals surface area contributed by atoms with Crippen molar-refractivity contribution in [3.63, 3.8) is 0 Å². The highest BCUT2D eigenvalue weighted by molar-refractivity contribution is 6.30. The fourth-order valence-corrected chi connectivity index (χ4v) is 4.49. The number of aliphatic hydroxyl groups is 1. The minimum Gasteiger partial charge on any atom is -0.509 e. The summed E-state index contributed by atoms with van der Waals surface area (Å²) in [5.74, 6) is -0.786. The van der Waals surface area contributed by atoms with Gasteiger partial charge in [0.2, 0.25) is 0 Å². The van der Waals surface area contributed by atoms with Crippen molar-refractivity contribution in [2.24, 2.45) is 0 Å². The van der Waals surface area contributed by atoms with Crippen molar-refractivity contribution in [1.82, 2.24) is 5.32 Å². The Morgan fingerprint density at radius 1 is 1.17 bits per heavy atom. The van der Waals surface area contributed by atoms with Crippen LogP contribution in [0.15, 0.2) is 42.2 Å². The van der Waals surface area contributed by atoms with Crippen LogP contribution in [0, 0.1) is 12.7 Å². The van der Waals surface area contributed by atoms with Crippen molar-refractivity contribution in [2.75, 3.05) is 7.11 Å². The topological polar surface area (TPSA) is 58.6 Å². The maximum Gasteiger partial charge on any atom is 0.256 e. The molecule has 1 aliphatic heterocycles. The van der Waals surface area contributed by atoms with Crippen LogP contribution in [0.5, 0.6) is 0 Å². The van der Waals surface area contributed by atoms with E-state index >= 15 is 0 Å². The van der Waals surface area contributed by atoms with Crippen LogP contribution in [0.1, 0.15) is 36.8 Å². The van der Waals surface area contributed by atoms with Gasteiger partial charge in [-0.1, -0.05) is 23.7 Å². The summed E-state index contributed by atoms with van der Waals surface area (Å²) in [6.45, 7) is 1.62. The van der Waals surface area contributed by atoms with Gasteiger partial charge in [-0.05, 0) is 79.1 Å². The van der Waals surface area contributed by atoms with E-state index in [0.29, 0.717) is 34.6 Å². The van der Waals surface area contributed by atoms with Crippen molar-refractivity contribution < 1.29 is 19.0 Å². The lowest BCUT2D eigenvalue weighted by Gasteiger charge is -2.36. The molecular formula is C23H23ClFNO3. The number of amides is 1. The molecule has 1 aliphatic carbocycles. The summed E-state index contributed by atoms with van der Waals surface area (Å²) < 4.78 is 20.2. The second kappa shape index (κ2) is 7.47. The van der Waals surface area contributed by atoms with Gasteiger partial charge in [-0.2, -0.15) is 0 Å². The monoisotopic (exact) mass is 415 g/mol. The third kappa shape index (κ3) is 3.43. The second-order valence-electron chi connectivity index (χ2n) is 7.83. The van der Waals surface area contributed by atoms with Crippen LogP contribution < -0.4 is 5.32 Å². The van der Waals surface area contributed by atoms with E-state index in [-0.39, 0.29) is 23.3 Å². The molecule has 4 rings (SSSR count). The SMILES string of the molecule is CO[C@H]1CC[C@]2(CC1)NC(=O)C(c1cc(-c3ccc(Cl)cc3)cc(F)c1C)=C2O. The summed E-state index contributed by atoms with van der Waals surface area (Å²) in [6.07, 6.45) is 2.79. The maximum atomic E-state index is 14.8. The van der Waals surface area contributed by atoms with Gasteiger partial charge in [0.1, 0.15) is 11.6 Å². The molecule has 0 saturated heterocycles. The first-order valence-electron chi connectivity index (χ1n) is 9.70. The normalized spacial score (nSPS) is 24.3. The Morgan fingerprint density at radius 2 is 1.83 bits per heavy atom. The van der Waals surface area contributed by atoms with Crippen molar-refractivity contribution in [2.45, 2.75) is 44.2 Å². The van der Waals surface area contributed by atoms with E-state index in [1.807, 2.05) is 0 Å². The van der Waals surface area contributed by atoms with Gasteiger partial charge in [0, 0.05) is 12.1 Å². The fraction of sp³-hybridized carbons (Fsp3) is 0.348. The lowest BCUT2D eigenvalue weighted by atomic mass is 9.79. The zero-order valence-electron chi connectivity index (χ0n) is 16.4. The molecule has 0 bridgehead atoms. The van der Waals surface area contributed by atoms with E-state index in [0.717, 1.165) is 18.4 Å². The van der Waals surface area contributed by atoms with E-state index in [1.165, 1.54) is 6.07 Å². The molecule has 29 heavy (non-hydrogen) atoms. The van der Waals surface area contributed by atoms with Crippen LogP contribution in [-0.4, -0.2) is 29.8 Å². The Hall–Kier alpha value is -2.37. The van der Waals surface area contributed by atoms with Crippen molar-refractivity contribution in [3.8, 4) is 11.1 Å². The summed E-state index contributed by atoms with van der Waals surface area (Å²) in [5.41, 5.74) is 1.52. The molecule has 1 fully saturated rings. The number of aliphatic hydroxyl groups excluding tert-OH is 1. The number of hydrogen-bond donors (Lipinski definition) is 2. The molecule has 6 heteroatoms. The Bertz CT molecular complexity index is 992. The predicted molar refractivity (Wildman–Crippen MR) is 111 cm³/mol. The molecule has 2 aromatic carbocycles. The summed E-state index contributed by atoms with van der Waals surface area (Å²) in [6, 6.07) is 10.3. The molecule has 0 aromatic heterocycles. The predicted octanol–water partition coefficient (Wildman–Crippen LogP) is 5.18. The zero-order valence-corrected chi connectivity index (χ0v) is 17.1.